The summed E-state index contributed by atoms with van der Waals surface area (Å²) in [6, 6.07) is 6.65. The molecule has 8 heteroatoms. The van der Waals surface area contributed by atoms with Gasteiger partial charge in [-0.3, -0.25) is 10.1 Å². The molecule has 110 valence electrons. The fourth-order valence-corrected chi connectivity index (χ4v) is 1.73. The predicted octanol–water partition coefficient (Wildman–Crippen LogP) is 2.47. The van der Waals surface area contributed by atoms with Crippen LogP contribution in [-0.4, -0.2) is 21.5 Å². The summed E-state index contributed by atoms with van der Waals surface area (Å²) in [5.41, 5.74) is 5.34. The van der Waals surface area contributed by atoms with Gasteiger partial charge in [0.05, 0.1) is 11.5 Å². The van der Waals surface area contributed by atoms with Crippen molar-refractivity contribution in [3.05, 3.63) is 40.1 Å². The molecule has 1 aromatic carbocycles. The number of nitro groups is 1. The second-order valence-corrected chi connectivity index (χ2v) is 4.08. The van der Waals surface area contributed by atoms with Crippen molar-refractivity contribution in [2.75, 3.05) is 12.3 Å². The van der Waals surface area contributed by atoms with Gasteiger partial charge in [0.25, 0.3) is 0 Å². The lowest BCUT2D eigenvalue weighted by atomic mass is 10.3. The summed E-state index contributed by atoms with van der Waals surface area (Å²) in [5, 5.41) is 11.1. The van der Waals surface area contributed by atoms with Crippen molar-refractivity contribution in [1.29, 1.82) is 0 Å². The Morgan fingerprint density at radius 2 is 1.86 bits per heavy atom. The molecule has 2 rings (SSSR count). The molecule has 2 N–H and O–H groups in total. The summed E-state index contributed by atoms with van der Waals surface area (Å²) >= 11 is 0. The van der Waals surface area contributed by atoms with Crippen molar-refractivity contribution >= 4 is 11.6 Å². The molecule has 0 amide bonds. The zero-order chi connectivity index (χ0) is 15.4. The van der Waals surface area contributed by atoms with Crippen LogP contribution in [0.4, 0.5) is 11.6 Å². The van der Waals surface area contributed by atoms with Crippen molar-refractivity contribution in [2.24, 2.45) is 0 Å². The minimum atomic E-state index is -0.599. The van der Waals surface area contributed by atoms with E-state index in [9.17, 15) is 10.1 Å². The van der Waals surface area contributed by atoms with Crippen molar-refractivity contribution < 1.29 is 14.4 Å². The van der Waals surface area contributed by atoms with Gasteiger partial charge in [-0.15, -0.1) is 0 Å². The Morgan fingerprint density at radius 3 is 2.43 bits per heavy atom. The number of hydrogen-bond donors (Lipinski definition) is 1. The number of aromatic nitrogens is 2. The molecule has 0 spiro atoms. The van der Waals surface area contributed by atoms with Crippen molar-refractivity contribution in [3.8, 4) is 17.4 Å². The molecule has 0 atom stereocenters. The summed E-state index contributed by atoms with van der Waals surface area (Å²) < 4.78 is 10.7. The molecular weight excluding hydrogens is 276 g/mol. The standard InChI is InChI=1S/C13H14N4O4/c1-3-20-9-4-6-10(7-5-9)21-12-11(17(18)19)8(2)15-13(14)16-12/h4-7H,3H2,1-2H3,(H2,14,15,16). The molecule has 21 heavy (non-hydrogen) atoms. The van der Waals surface area contributed by atoms with Crippen LogP contribution in [0.1, 0.15) is 12.6 Å². The molecule has 0 aliphatic carbocycles. The molecule has 8 nitrogen and oxygen atoms in total. The maximum atomic E-state index is 11.1. The van der Waals surface area contributed by atoms with Crippen LogP contribution in [-0.2, 0) is 0 Å². The zero-order valence-corrected chi connectivity index (χ0v) is 11.6. The summed E-state index contributed by atoms with van der Waals surface area (Å²) in [6.45, 7) is 3.90. The van der Waals surface area contributed by atoms with Crippen LogP contribution in [0.25, 0.3) is 0 Å². The number of nitrogens with two attached hydrogens (primary N) is 1. The van der Waals surface area contributed by atoms with Crippen LogP contribution in [0, 0.1) is 17.0 Å². The molecule has 0 unspecified atom stereocenters. The van der Waals surface area contributed by atoms with Gasteiger partial charge in [0, 0.05) is 0 Å². The highest BCUT2D eigenvalue weighted by atomic mass is 16.6. The molecule has 2 aromatic rings. The van der Waals surface area contributed by atoms with E-state index in [0.717, 1.165) is 0 Å². The Kier molecular flexibility index (Phi) is 4.17. The molecule has 0 saturated heterocycles. The van der Waals surface area contributed by atoms with E-state index in [1.54, 1.807) is 24.3 Å². The number of benzene rings is 1. The van der Waals surface area contributed by atoms with Crippen molar-refractivity contribution in [2.45, 2.75) is 13.8 Å². The molecule has 0 fully saturated rings. The first-order valence-electron chi connectivity index (χ1n) is 6.20. The predicted molar refractivity (Wildman–Crippen MR) is 75.5 cm³/mol. The largest absolute Gasteiger partial charge is 0.494 e. The number of nitrogens with zero attached hydrogens (tertiary/aromatic N) is 3. The monoisotopic (exact) mass is 290 g/mol. The van der Waals surface area contributed by atoms with E-state index in [-0.39, 0.29) is 23.2 Å². The highest BCUT2D eigenvalue weighted by molar-refractivity contribution is 5.49. The van der Waals surface area contributed by atoms with E-state index in [1.807, 2.05) is 6.92 Å². The maximum absolute atomic E-state index is 11.1. The van der Waals surface area contributed by atoms with E-state index in [0.29, 0.717) is 18.1 Å². The quantitative estimate of drug-likeness (QED) is 0.664. The van der Waals surface area contributed by atoms with E-state index < -0.39 is 4.92 Å². The minimum absolute atomic E-state index is 0.0842. The molecule has 0 bridgehead atoms. The Hall–Kier alpha value is -2.90. The third-order valence-electron chi connectivity index (χ3n) is 2.58. The van der Waals surface area contributed by atoms with Gasteiger partial charge in [0.1, 0.15) is 17.2 Å². The fraction of sp³-hybridized carbons (Fsp3) is 0.231. The molecule has 1 aromatic heterocycles. The second-order valence-electron chi connectivity index (χ2n) is 4.08. The Balaban J connectivity index is 2.32. The first kappa shape index (κ1) is 14.5. The number of rotatable bonds is 5. The van der Waals surface area contributed by atoms with Crippen LogP contribution in [0.3, 0.4) is 0 Å². The molecule has 0 radical (unpaired) electrons. The van der Waals surface area contributed by atoms with Crippen molar-refractivity contribution in [3.63, 3.8) is 0 Å². The van der Waals surface area contributed by atoms with Crippen LogP contribution in [0.15, 0.2) is 24.3 Å². The molecule has 0 saturated carbocycles. The number of anilines is 1. The summed E-state index contributed by atoms with van der Waals surface area (Å²) in [5.74, 6) is 0.796. The first-order valence-corrected chi connectivity index (χ1v) is 6.20. The lowest BCUT2D eigenvalue weighted by Crippen LogP contribution is -2.04. The minimum Gasteiger partial charge on any atom is -0.494 e. The SMILES string of the molecule is CCOc1ccc(Oc2nc(N)nc(C)c2[N+](=O)[O-])cc1. The fourth-order valence-electron chi connectivity index (χ4n) is 1.73. The average molecular weight is 290 g/mol. The molecule has 0 aliphatic heterocycles. The number of hydrogen-bond acceptors (Lipinski definition) is 7. The molecular formula is C13H14N4O4. The smallest absolute Gasteiger partial charge is 0.352 e. The lowest BCUT2D eigenvalue weighted by Gasteiger charge is -2.08. The van der Waals surface area contributed by atoms with Gasteiger partial charge in [-0.2, -0.15) is 4.98 Å². The van der Waals surface area contributed by atoms with Gasteiger partial charge in [-0.1, -0.05) is 0 Å². The van der Waals surface area contributed by atoms with Crippen LogP contribution in [0.2, 0.25) is 0 Å². The second kappa shape index (κ2) is 6.04. The van der Waals surface area contributed by atoms with Crippen LogP contribution in [0.5, 0.6) is 17.4 Å². The zero-order valence-electron chi connectivity index (χ0n) is 11.6. The van der Waals surface area contributed by atoms with Gasteiger partial charge in [-0.25, -0.2) is 4.98 Å². The lowest BCUT2D eigenvalue weighted by molar-refractivity contribution is -0.386. The number of aryl methyl sites for hydroxylation is 1. The Bertz CT molecular complexity index is 658. The van der Waals surface area contributed by atoms with E-state index in [1.165, 1.54) is 6.92 Å². The van der Waals surface area contributed by atoms with E-state index in [2.05, 4.69) is 9.97 Å². The third kappa shape index (κ3) is 3.35. The number of ether oxygens (including phenoxy) is 2. The third-order valence-corrected chi connectivity index (χ3v) is 2.58. The van der Waals surface area contributed by atoms with Crippen molar-refractivity contribution in [1.82, 2.24) is 9.97 Å². The van der Waals surface area contributed by atoms with E-state index in [4.69, 9.17) is 15.2 Å². The van der Waals surface area contributed by atoms with Crippen LogP contribution < -0.4 is 15.2 Å². The molecule has 0 aliphatic rings. The van der Waals surface area contributed by atoms with Crippen LogP contribution >= 0.6 is 0 Å². The van der Waals surface area contributed by atoms with Gasteiger partial charge in [-0.05, 0) is 38.1 Å². The summed E-state index contributed by atoms with van der Waals surface area (Å²) in [6.07, 6.45) is 0. The topological polar surface area (TPSA) is 113 Å². The van der Waals surface area contributed by atoms with Gasteiger partial charge in [0.15, 0.2) is 0 Å². The first-order chi connectivity index (χ1) is 10.0. The Morgan fingerprint density at radius 1 is 1.24 bits per heavy atom. The van der Waals surface area contributed by atoms with Gasteiger partial charge >= 0.3 is 11.6 Å². The number of nitrogen functional groups attached to an aromatic ring is 1. The highest BCUT2D eigenvalue weighted by Crippen LogP contribution is 2.32. The van der Waals surface area contributed by atoms with Gasteiger partial charge < -0.3 is 15.2 Å². The summed E-state index contributed by atoms with van der Waals surface area (Å²) in [7, 11) is 0. The normalized spacial score (nSPS) is 10.2. The molecule has 1 heterocycles. The Labute approximate surface area is 120 Å². The van der Waals surface area contributed by atoms with E-state index >= 15 is 0 Å². The maximum Gasteiger partial charge on any atom is 0.352 e. The van der Waals surface area contributed by atoms with Gasteiger partial charge in [0.2, 0.25) is 5.95 Å². The average Bonchev–Trinajstić information content (AvgIpc) is 2.40. The summed E-state index contributed by atoms with van der Waals surface area (Å²) in [4.78, 5) is 18.0. The highest BCUT2D eigenvalue weighted by Gasteiger charge is 2.23.